The summed E-state index contributed by atoms with van der Waals surface area (Å²) in [6.45, 7) is 4.21. The number of para-hydroxylation sites is 1. The van der Waals surface area contributed by atoms with Crippen LogP contribution in [-0.2, 0) is 6.42 Å². The number of fused-ring (bicyclic) bond motifs is 1. The van der Waals surface area contributed by atoms with Crippen LogP contribution in [0.5, 0.6) is 0 Å². The van der Waals surface area contributed by atoms with Crippen molar-refractivity contribution in [3.63, 3.8) is 0 Å². The summed E-state index contributed by atoms with van der Waals surface area (Å²) in [5.74, 6) is 0. The Kier molecular flexibility index (Phi) is 3.71. The number of aromatic nitrogens is 3. The molecule has 108 valence electrons. The molecule has 4 heteroatoms. The molecule has 0 fully saturated rings. The Bertz CT molecular complexity index is 760. The van der Waals surface area contributed by atoms with E-state index in [0.29, 0.717) is 0 Å². The third-order valence-electron chi connectivity index (χ3n) is 3.88. The van der Waals surface area contributed by atoms with Gasteiger partial charge in [0, 0.05) is 6.04 Å². The Balaban J connectivity index is 2.07. The summed E-state index contributed by atoms with van der Waals surface area (Å²) in [7, 11) is 0. The first-order chi connectivity index (χ1) is 10.2. The minimum absolute atomic E-state index is 0.202. The van der Waals surface area contributed by atoms with Crippen LogP contribution in [-0.4, -0.2) is 21.0 Å². The van der Waals surface area contributed by atoms with E-state index < -0.39 is 0 Å². The standard InChI is InChI=1S/C17H20N4/c1-3-14(18)10-13-9-8-12(2)17(11-13)21-16-7-5-4-6-15(16)19-20-21/h4-9,11,14H,3,10,18H2,1-2H3. The molecule has 4 nitrogen and oxygen atoms in total. The first kappa shape index (κ1) is 13.8. The zero-order valence-corrected chi connectivity index (χ0v) is 12.5. The number of hydrogen-bond donors (Lipinski definition) is 1. The van der Waals surface area contributed by atoms with Crippen molar-refractivity contribution in [3.05, 3.63) is 53.6 Å². The van der Waals surface area contributed by atoms with E-state index in [1.54, 1.807) is 0 Å². The Morgan fingerprint density at radius 2 is 2.00 bits per heavy atom. The normalized spacial score (nSPS) is 12.7. The Morgan fingerprint density at radius 1 is 1.19 bits per heavy atom. The van der Waals surface area contributed by atoms with Gasteiger partial charge in [-0.2, -0.15) is 0 Å². The van der Waals surface area contributed by atoms with Crippen molar-refractivity contribution < 1.29 is 0 Å². The molecule has 3 aromatic rings. The topological polar surface area (TPSA) is 56.7 Å². The van der Waals surface area contributed by atoms with Crippen LogP contribution >= 0.6 is 0 Å². The first-order valence-electron chi connectivity index (χ1n) is 7.35. The minimum Gasteiger partial charge on any atom is -0.327 e. The maximum atomic E-state index is 6.07. The van der Waals surface area contributed by atoms with Gasteiger partial charge in [0.15, 0.2) is 0 Å². The average molecular weight is 280 g/mol. The SMILES string of the molecule is CCC(N)Cc1ccc(C)c(-n2nnc3ccccc32)c1. The van der Waals surface area contributed by atoms with Gasteiger partial charge in [-0.05, 0) is 49.1 Å². The minimum atomic E-state index is 0.202. The fourth-order valence-electron chi connectivity index (χ4n) is 2.50. The van der Waals surface area contributed by atoms with Crippen LogP contribution in [0, 0.1) is 6.92 Å². The fraction of sp³-hybridized carbons (Fsp3) is 0.294. The van der Waals surface area contributed by atoms with E-state index in [0.717, 1.165) is 29.6 Å². The van der Waals surface area contributed by atoms with Crippen LogP contribution in [0.2, 0.25) is 0 Å². The summed E-state index contributed by atoms with van der Waals surface area (Å²) in [4.78, 5) is 0. The average Bonchev–Trinajstić information content (AvgIpc) is 2.93. The molecular weight excluding hydrogens is 260 g/mol. The molecule has 0 aliphatic carbocycles. The summed E-state index contributed by atoms with van der Waals surface area (Å²) in [6, 6.07) is 14.7. The lowest BCUT2D eigenvalue weighted by Gasteiger charge is -2.12. The first-order valence-corrected chi connectivity index (χ1v) is 7.35. The van der Waals surface area contributed by atoms with Crippen LogP contribution in [0.25, 0.3) is 16.7 Å². The second kappa shape index (κ2) is 5.66. The van der Waals surface area contributed by atoms with E-state index >= 15 is 0 Å². The highest BCUT2D eigenvalue weighted by molar-refractivity contribution is 5.76. The molecule has 2 N–H and O–H groups in total. The highest BCUT2D eigenvalue weighted by Gasteiger charge is 2.10. The van der Waals surface area contributed by atoms with E-state index in [-0.39, 0.29) is 6.04 Å². The van der Waals surface area contributed by atoms with Gasteiger partial charge in [-0.1, -0.05) is 36.4 Å². The van der Waals surface area contributed by atoms with E-state index in [9.17, 15) is 0 Å². The summed E-state index contributed by atoms with van der Waals surface area (Å²) >= 11 is 0. The van der Waals surface area contributed by atoms with Gasteiger partial charge in [0.1, 0.15) is 5.52 Å². The second-order valence-corrected chi connectivity index (χ2v) is 5.48. The van der Waals surface area contributed by atoms with Crippen molar-refractivity contribution >= 4 is 11.0 Å². The molecule has 0 spiro atoms. The zero-order chi connectivity index (χ0) is 14.8. The molecular formula is C17H20N4. The highest BCUT2D eigenvalue weighted by atomic mass is 15.4. The quantitative estimate of drug-likeness (QED) is 0.799. The van der Waals surface area contributed by atoms with Crippen molar-refractivity contribution in [1.29, 1.82) is 0 Å². The summed E-state index contributed by atoms with van der Waals surface area (Å²) < 4.78 is 1.91. The van der Waals surface area contributed by atoms with Gasteiger partial charge < -0.3 is 5.73 Å². The van der Waals surface area contributed by atoms with Crippen molar-refractivity contribution in [2.24, 2.45) is 5.73 Å². The maximum absolute atomic E-state index is 6.07. The van der Waals surface area contributed by atoms with Crippen molar-refractivity contribution in [1.82, 2.24) is 15.0 Å². The molecule has 3 rings (SSSR count). The molecule has 1 aromatic heterocycles. The molecule has 0 amide bonds. The fourth-order valence-corrected chi connectivity index (χ4v) is 2.50. The van der Waals surface area contributed by atoms with Crippen LogP contribution < -0.4 is 5.73 Å². The van der Waals surface area contributed by atoms with Crippen LogP contribution in [0.15, 0.2) is 42.5 Å². The van der Waals surface area contributed by atoms with Gasteiger partial charge >= 0.3 is 0 Å². The summed E-state index contributed by atoms with van der Waals surface area (Å²) in [6.07, 6.45) is 1.87. The number of benzene rings is 2. The molecule has 21 heavy (non-hydrogen) atoms. The van der Waals surface area contributed by atoms with Gasteiger partial charge in [-0.15, -0.1) is 5.10 Å². The smallest absolute Gasteiger partial charge is 0.113 e. The second-order valence-electron chi connectivity index (χ2n) is 5.48. The molecule has 1 heterocycles. The third kappa shape index (κ3) is 2.67. The molecule has 2 aromatic carbocycles. The van der Waals surface area contributed by atoms with E-state index in [1.165, 1.54) is 11.1 Å². The van der Waals surface area contributed by atoms with Crippen LogP contribution in [0.4, 0.5) is 0 Å². The monoisotopic (exact) mass is 280 g/mol. The predicted octanol–water partition coefficient (Wildman–Crippen LogP) is 3.01. The molecule has 0 bridgehead atoms. The summed E-state index contributed by atoms with van der Waals surface area (Å²) in [5.41, 5.74) is 11.5. The summed E-state index contributed by atoms with van der Waals surface area (Å²) in [5, 5.41) is 8.53. The van der Waals surface area contributed by atoms with Gasteiger partial charge in [0.25, 0.3) is 0 Å². The zero-order valence-electron chi connectivity index (χ0n) is 12.5. The maximum Gasteiger partial charge on any atom is 0.113 e. The van der Waals surface area contributed by atoms with Gasteiger partial charge in [0.05, 0.1) is 11.2 Å². The Hall–Kier alpha value is -2.20. The molecule has 0 saturated heterocycles. The number of nitrogens with zero attached hydrogens (tertiary/aromatic N) is 3. The molecule has 0 aliphatic rings. The van der Waals surface area contributed by atoms with Gasteiger partial charge in [-0.3, -0.25) is 0 Å². The van der Waals surface area contributed by atoms with E-state index in [1.807, 2.05) is 28.9 Å². The number of nitrogens with two attached hydrogens (primary N) is 1. The van der Waals surface area contributed by atoms with Crippen LogP contribution in [0.1, 0.15) is 24.5 Å². The molecule has 1 unspecified atom stereocenters. The lowest BCUT2D eigenvalue weighted by molar-refractivity contribution is 0.646. The van der Waals surface area contributed by atoms with Gasteiger partial charge in [0.2, 0.25) is 0 Å². The lowest BCUT2D eigenvalue weighted by atomic mass is 10.0. The van der Waals surface area contributed by atoms with Crippen LogP contribution in [0.3, 0.4) is 0 Å². The van der Waals surface area contributed by atoms with Gasteiger partial charge in [-0.25, -0.2) is 4.68 Å². The Labute approximate surface area is 124 Å². The number of rotatable bonds is 4. The molecule has 1 atom stereocenters. The number of aryl methyl sites for hydroxylation is 1. The van der Waals surface area contributed by atoms with Crippen molar-refractivity contribution in [3.8, 4) is 5.69 Å². The third-order valence-corrected chi connectivity index (χ3v) is 3.88. The van der Waals surface area contributed by atoms with E-state index in [2.05, 4.69) is 42.4 Å². The lowest BCUT2D eigenvalue weighted by Crippen LogP contribution is -2.21. The van der Waals surface area contributed by atoms with E-state index in [4.69, 9.17) is 5.73 Å². The van der Waals surface area contributed by atoms with Crippen molar-refractivity contribution in [2.45, 2.75) is 32.7 Å². The molecule has 0 radical (unpaired) electrons. The molecule has 0 aliphatic heterocycles. The Morgan fingerprint density at radius 3 is 2.81 bits per heavy atom. The predicted molar refractivity (Wildman–Crippen MR) is 85.6 cm³/mol. The van der Waals surface area contributed by atoms with Crippen molar-refractivity contribution in [2.75, 3.05) is 0 Å². The number of hydrogen-bond acceptors (Lipinski definition) is 3. The molecule has 0 saturated carbocycles. The highest BCUT2D eigenvalue weighted by Crippen LogP contribution is 2.21. The largest absolute Gasteiger partial charge is 0.327 e.